The van der Waals surface area contributed by atoms with Crippen LogP contribution in [0.1, 0.15) is 27.7 Å². The van der Waals surface area contributed by atoms with Crippen LogP contribution in [-0.4, -0.2) is 25.4 Å². The summed E-state index contributed by atoms with van der Waals surface area (Å²) >= 11 is 0. The SMILES string of the molecule is CCONCCOC(C)(C)C. The van der Waals surface area contributed by atoms with Crippen LogP contribution in [0.25, 0.3) is 0 Å². The van der Waals surface area contributed by atoms with Crippen molar-refractivity contribution in [1.82, 2.24) is 5.48 Å². The van der Waals surface area contributed by atoms with Crippen LogP contribution < -0.4 is 5.48 Å². The Hall–Kier alpha value is -0.120. The fourth-order valence-corrected chi connectivity index (χ4v) is 0.573. The fraction of sp³-hybridized carbons (Fsp3) is 1.00. The van der Waals surface area contributed by atoms with Crippen molar-refractivity contribution >= 4 is 0 Å². The number of nitrogens with one attached hydrogen (secondary N) is 1. The van der Waals surface area contributed by atoms with E-state index in [1.54, 1.807) is 0 Å². The summed E-state index contributed by atoms with van der Waals surface area (Å²) in [6.45, 7) is 10.2. The lowest BCUT2D eigenvalue weighted by Gasteiger charge is -2.19. The van der Waals surface area contributed by atoms with E-state index in [-0.39, 0.29) is 5.60 Å². The van der Waals surface area contributed by atoms with E-state index in [0.717, 1.165) is 6.54 Å². The minimum absolute atomic E-state index is 0.0477. The van der Waals surface area contributed by atoms with Gasteiger partial charge in [0.2, 0.25) is 0 Å². The zero-order valence-corrected chi connectivity index (χ0v) is 7.94. The van der Waals surface area contributed by atoms with E-state index < -0.39 is 0 Å². The first-order valence-electron chi connectivity index (χ1n) is 4.05. The molecule has 0 aliphatic rings. The molecule has 0 unspecified atom stereocenters. The highest BCUT2D eigenvalue weighted by Gasteiger charge is 2.08. The maximum absolute atomic E-state index is 5.43. The van der Waals surface area contributed by atoms with Gasteiger partial charge in [-0.05, 0) is 27.7 Å². The zero-order chi connectivity index (χ0) is 8.74. The number of rotatable bonds is 5. The lowest BCUT2D eigenvalue weighted by Crippen LogP contribution is -2.26. The van der Waals surface area contributed by atoms with Crippen molar-refractivity contribution in [1.29, 1.82) is 0 Å². The minimum Gasteiger partial charge on any atom is -0.374 e. The number of hydroxylamine groups is 1. The van der Waals surface area contributed by atoms with Crippen molar-refractivity contribution in [3.05, 3.63) is 0 Å². The molecule has 0 rings (SSSR count). The largest absolute Gasteiger partial charge is 0.374 e. The van der Waals surface area contributed by atoms with Gasteiger partial charge in [-0.15, -0.1) is 0 Å². The van der Waals surface area contributed by atoms with Crippen molar-refractivity contribution in [3.63, 3.8) is 0 Å². The summed E-state index contributed by atoms with van der Waals surface area (Å²) in [6, 6.07) is 0. The van der Waals surface area contributed by atoms with Crippen LogP contribution in [0.5, 0.6) is 0 Å². The summed E-state index contributed by atoms with van der Waals surface area (Å²) in [6.07, 6.45) is 0. The molecule has 0 spiro atoms. The highest BCUT2D eigenvalue weighted by atomic mass is 16.6. The van der Waals surface area contributed by atoms with E-state index in [2.05, 4.69) is 5.48 Å². The second kappa shape index (κ2) is 5.52. The molecule has 68 valence electrons. The van der Waals surface area contributed by atoms with Gasteiger partial charge in [0.25, 0.3) is 0 Å². The van der Waals surface area contributed by atoms with E-state index in [4.69, 9.17) is 9.57 Å². The molecule has 0 aromatic heterocycles. The molecule has 0 aromatic rings. The zero-order valence-electron chi connectivity index (χ0n) is 7.94. The Balaban J connectivity index is 3.02. The van der Waals surface area contributed by atoms with Crippen LogP contribution in [0.4, 0.5) is 0 Å². The van der Waals surface area contributed by atoms with E-state index >= 15 is 0 Å². The molecule has 0 saturated carbocycles. The van der Waals surface area contributed by atoms with Crippen molar-refractivity contribution < 1.29 is 9.57 Å². The Labute approximate surface area is 69.0 Å². The smallest absolute Gasteiger partial charge is 0.0653 e. The van der Waals surface area contributed by atoms with E-state index in [1.807, 2.05) is 27.7 Å². The molecule has 0 radical (unpaired) electrons. The first kappa shape index (κ1) is 10.9. The summed E-state index contributed by atoms with van der Waals surface area (Å²) in [4.78, 5) is 4.92. The maximum Gasteiger partial charge on any atom is 0.0653 e. The molecular weight excluding hydrogens is 142 g/mol. The lowest BCUT2D eigenvalue weighted by molar-refractivity contribution is -0.0264. The predicted molar refractivity (Wildman–Crippen MR) is 45.3 cm³/mol. The maximum atomic E-state index is 5.43. The Morgan fingerprint density at radius 3 is 2.36 bits per heavy atom. The highest BCUT2D eigenvalue weighted by Crippen LogP contribution is 2.04. The van der Waals surface area contributed by atoms with Gasteiger partial charge in [-0.25, -0.2) is 5.48 Å². The van der Waals surface area contributed by atoms with Gasteiger partial charge in [0.1, 0.15) is 0 Å². The van der Waals surface area contributed by atoms with Crippen molar-refractivity contribution in [2.45, 2.75) is 33.3 Å². The molecule has 3 nitrogen and oxygen atoms in total. The third kappa shape index (κ3) is 9.88. The van der Waals surface area contributed by atoms with Gasteiger partial charge < -0.3 is 9.57 Å². The third-order valence-corrected chi connectivity index (χ3v) is 0.986. The Bertz CT molecular complexity index is 88.6. The average Bonchev–Trinajstić information content (AvgIpc) is 1.85. The molecule has 0 heterocycles. The summed E-state index contributed by atoms with van der Waals surface area (Å²) in [7, 11) is 0. The Morgan fingerprint density at radius 2 is 1.91 bits per heavy atom. The molecule has 0 amide bonds. The van der Waals surface area contributed by atoms with Crippen molar-refractivity contribution in [3.8, 4) is 0 Å². The molecule has 0 aromatic carbocycles. The monoisotopic (exact) mass is 161 g/mol. The molecule has 3 heteroatoms. The lowest BCUT2D eigenvalue weighted by atomic mass is 10.2. The topological polar surface area (TPSA) is 30.5 Å². The van der Waals surface area contributed by atoms with Crippen molar-refractivity contribution in [2.75, 3.05) is 19.8 Å². The predicted octanol–water partition coefficient (Wildman–Crippen LogP) is 1.34. The summed E-state index contributed by atoms with van der Waals surface area (Å²) in [5.41, 5.74) is 2.73. The van der Waals surface area contributed by atoms with Crippen LogP contribution in [0.2, 0.25) is 0 Å². The molecule has 1 N–H and O–H groups in total. The molecule has 0 fully saturated rings. The third-order valence-electron chi connectivity index (χ3n) is 0.986. The standard InChI is InChI=1S/C8H19NO2/c1-5-11-9-6-7-10-8(2,3)4/h9H,5-7H2,1-4H3. The van der Waals surface area contributed by atoms with Gasteiger partial charge in [-0.1, -0.05) is 0 Å². The van der Waals surface area contributed by atoms with Gasteiger partial charge >= 0.3 is 0 Å². The van der Waals surface area contributed by atoms with E-state index in [9.17, 15) is 0 Å². The van der Waals surface area contributed by atoms with Crippen LogP contribution >= 0.6 is 0 Å². The van der Waals surface area contributed by atoms with Gasteiger partial charge in [0.15, 0.2) is 0 Å². The quantitative estimate of drug-likeness (QED) is 0.487. The van der Waals surface area contributed by atoms with E-state index in [0.29, 0.717) is 13.2 Å². The Kier molecular flexibility index (Phi) is 5.46. The summed E-state index contributed by atoms with van der Waals surface area (Å²) in [5, 5.41) is 0. The minimum atomic E-state index is -0.0477. The van der Waals surface area contributed by atoms with Gasteiger partial charge in [-0.2, -0.15) is 0 Å². The number of ether oxygens (including phenoxy) is 1. The second-order valence-electron chi connectivity index (χ2n) is 3.29. The molecule has 11 heavy (non-hydrogen) atoms. The molecule has 0 bridgehead atoms. The van der Waals surface area contributed by atoms with Crippen LogP contribution in [0.15, 0.2) is 0 Å². The first-order valence-corrected chi connectivity index (χ1v) is 4.05. The number of hydrogen-bond donors (Lipinski definition) is 1. The number of hydrogen-bond acceptors (Lipinski definition) is 3. The fourth-order valence-electron chi connectivity index (χ4n) is 0.573. The normalized spacial score (nSPS) is 12.0. The second-order valence-corrected chi connectivity index (χ2v) is 3.29. The van der Waals surface area contributed by atoms with Crippen LogP contribution in [0, 0.1) is 0 Å². The van der Waals surface area contributed by atoms with Crippen molar-refractivity contribution in [2.24, 2.45) is 0 Å². The van der Waals surface area contributed by atoms with Gasteiger partial charge in [-0.3, -0.25) is 0 Å². The molecule has 0 aliphatic heterocycles. The molecule has 0 atom stereocenters. The van der Waals surface area contributed by atoms with E-state index in [1.165, 1.54) is 0 Å². The first-order chi connectivity index (χ1) is 5.06. The summed E-state index contributed by atoms with van der Waals surface area (Å²) < 4.78 is 5.43. The Morgan fingerprint density at radius 1 is 1.27 bits per heavy atom. The molecule has 0 aliphatic carbocycles. The average molecular weight is 161 g/mol. The van der Waals surface area contributed by atoms with Gasteiger partial charge in [0.05, 0.1) is 18.8 Å². The highest BCUT2D eigenvalue weighted by molar-refractivity contribution is 4.58. The summed E-state index contributed by atoms with van der Waals surface area (Å²) in [5.74, 6) is 0. The van der Waals surface area contributed by atoms with Crippen LogP contribution in [0.3, 0.4) is 0 Å². The van der Waals surface area contributed by atoms with Gasteiger partial charge in [0, 0.05) is 6.54 Å². The van der Waals surface area contributed by atoms with Crippen LogP contribution in [-0.2, 0) is 9.57 Å². The molecular formula is C8H19NO2. The molecule has 0 saturated heterocycles.